The maximum Gasteiger partial charge on any atom is 0.326 e. The SMILES string of the molecule is O=C(O)[C@H]1CCCN1C(=O)NCc1ccco1. The Bertz CT molecular complexity index is 402. The lowest BCUT2D eigenvalue weighted by atomic mass is 10.2. The number of hydrogen-bond acceptors (Lipinski definition) is 3. The van der Waals surface area contributed by atoms with Gasteiger partial charge in [0, 0.05) is 6.54 Å². The smallest absolute Gasteiger partial charge is 0.326 e. The third kappa shape index (κ3) is 2.58. The number of urea groups is 1. The van der Waals surface area contributed by atoms with Crippen LogP contribution in [0.4, 0.5) is 4.79 Å². The molecule has 0 aliphatic carbocycles. The molecule has 0 saturated carbocycles. The zero-order valence-corrected chi connectivity index (χ0v) is 9.26. The normalized spacial score (nSPS) is 19.3. The Morgan fingerprint density at radius 1 is 1.59 bits per heavy atom. The van der Waals surface area contributed by atoms with Crippen molar-refractivity contribution in [2.24, 2.45) is 0 Å². The van der Waals surface area contributed by atoms with E-state index in [4.69, 9.17) is 9.52 Å². The lowest BCUT2D eigenvalue weighted by molar-refractivity contribution is -0.141. The van der Waals surface area contributed by atoms with Gasteiger partial charge < -0.3 is 19.7 Å². The first-order valence-corrected chi connectivity index (χ1v) is 5.48. The summed E-state index contributed by atoms with van der Waals surface area (Å²) in [5.74, 6) is -0.305. The van der Waals surface area contributed by atoms with Crippen molar-refractivity contribution in [1.29, 1.82) is 0 Å². The molecule has 17 heavy (non-hydrogen) atoms. The number of carboxylic acid groups (broad SMARTS) is 1. The summed E-state index contributed by atoms with van der Waals surface area (Å²) in [6.07, 6.45) is 2.77. The molecule has 1 aromatic rings. The molecule has 0 spiro atoms. The molecule has 0 bridgehead atoms. The van der Waals surface area contributed by atoms with E-state index in [1.165, 1.54) is 11.2 Å². The molecule has 0 aromatic carbocycles. The van der Waals surface area contributed by atoms with Gasteiger partial charge in [-0.05, 0) is 25.0 Å². The Balaban J connectivity index is 1.89. The van der Waals surface area contributed by atoms with E-state index in [0.717, 1.165) is 6.42 Å². The molecule has 6 heteroatoms. The van der Waals surface area contributed by atoms with E-state index in [1.807, 2.05) is 0 Å². The fourth-order valence-corrected chi connectivity index (χ4v) is 1.94. The van der Waals surface area contributed by atoms with Crippen LogP contribution in [0.5, 0.6) is 0 Å². The number of aliphatic carboxylic acids is 1. The minimum Gasteiger partial charge on any atom is -0.480 e. The van der Waals surface area contributed by atoms with E-state index in [9.17, 15) is 9.59 Å². The maximum atomic E-state index is 11.8. The Morgan fingerprint density at radius 3 is 3.06 bits per heavy atom. The van der Waals surface area contributed by atoms with Crippen LogP contribution in [0, 0.1) is 0 Å². The second-order valence-corrected chi connectivity index (χ2v) is 3.93. The van der Waals surface area contributed by atoms with Crippen LogP contribution in [-0.2, 0) is 11.3 Å². The van der Waals surface area contributed by atoms with E-state index < -0.39 is 12.0 Å². The van der Waals surface area contributed by atoms with E-state index in [2.05, 4.69) is 5.32 Å². The molecule has 1 aliphatic heterocycles. The van der Waals surface area contributed by atoms with Gasteiger partial charge in [0.25, 0.3) is 0 Å². The van der Waals surface area contributed by atoms with E-state index >= 15 is 0 Å². The molecule has 1 saturated heterocycles. The average Bonchev–Trinajstić information content (AvgIpc) is 2.96. The summed E-state index contributed by atoms with van der Waals surface area (Å²) in [6.45, 7) is 0.760. The molecule has 0 radical (unpaired) electrons. The van der Waals surface area contributed by atoms with E-state index in [0.29, 0.717) is 18.7 Å². The van der Waals surface area contributed by atoms with Crippen molar-refractivity contribution in [2.75, 3.05) is 6.54 Å². The zero-order valence-electron chi connectivity index (χ0n) is 9.26. The Kier molecular flexibility index (Phi) is 3.32. The number of likely N-dealkylation sites (tertiary alicyclic amines) is 1. The molecular weight excluding hydrogens is 224 g/mol. The summed E-state index contributed by atoms with van der Waals surface area (Å²) in [7, 11) is 0. The Labute approximate surface area is 98.2 Å². The number of nitrogens with one attached hydrogen (secondary N) is 1. The molecule has 2 N–H and O–H groups in total. The van der Waals surface area contributed by atoms with Crippen molar-refractivity contribution in [1.82, 2.24) is 10.2 Å². The van der Waals surface area contributed by atoms with Crippen molar-refractivity contribution in [2.45, 2.75) is 25.4 Å². The van der Waals surface area contributed by atoms with Crippen LogP contribution in [-0.4, -0.2) is 34.6 Å². The molecule has 1 aromatic heterocycles. The van der Waals surface area contributed by atoms with Gasteiger partial charge in [0.1, 0.15) is 11.8 Å². The van der Waals surface area contributed by atoms with Gasteiger partial charge in [-0.1, -0.05) is 0 Å². The third-order valence-electron chi connectivity index (χ3n) is 2.79. The predicted octanol–water partition coefficient (Wildman–Crippen LogP) is 1.04. The van der Waals surface area contributed by atoms with Crippen LogP contribution >= 0.6 is 0 Å². The van der Waals surface area contributed by atoms with Crippen LogP contribution in [0.2, 0.25) is 0 Å². The van der Waals surface area contributed by atoms with Crippen molar-refractivity contribution in [3.63, 3.8) is 0 Å². The van der Waals surface area contributed by atoms with E-state index in [1.54, 1.807) is 12.1 Å². The molecular formula is C11H14N2O4. The van der Waals surface area contributed by atoms with Gasteiger partial charge >= 0.3 is 12.0 Å². The largest absolute Gasteiger partial charge is 0.480 e. The van der Waals surface area contributed by atoms with Crippen molar-refractivity contribution < 1.29 is 19.1 Å². The minimum absolute atomic E-state index is 0.272. The first-order valence-electron chi connectivity index (χ1n) is 5.48. The zero-order chi connectivity index (χ0) is 12.3. The quantitative estimate of drug-likeness (QED) is 0.824. The highest BCUT2D eigenvalue weighted by atomic mass is 16.4. The lowest BCUT2D eigenvalue weighted by Gasteiger charge is -2.21. The molecule has 0 unspecified atom stereocenters. The summed E-state index contributed by atoms with van der Waals surface area (Å²) < 4.78 is 5.07. The first-order chi connectivity index (χ1) is 8.18. The molecule has 2 rings (SSSR count). The molecule has 1 fully saturated rings. The highest BCUT2D eigenvalue weighted by Crippen LogP contribution is 2.17. The van der Waals surface area contributed by atoms with Crippen molar-refractivity contribution in [3.05, 3.63) is 24.2 Å². The number of carbonyl (C=O) groups is 2. The van der Waals surface area contributed by atoms with Crippen molar-refractivity contribution >= 4 is 12.0 Å². The first kappa shape index (κ1) is 11.5. The van der Waals surface area contributed by atoms with Gasteiger partial charge in [-0.15, -0.1) is 0 Å². The maximum absolute atomic E-state index is 11.8. The van der Waals surface area contributed by atoms with Gasteiger partial charge in [0.15, 0.2) is 0 Å². The fraction of sp³-hybridized carbons (Fsp3) is 0.455. The molecule has 6 nitrogen and oxygen atoms in total. The topological polar surface area (TPSA) is 82.8 Å². The molecule has 2 amide bonds. The number of nitrogens with zero attached hydrogens (tertiary/aromatic N) is 1. The summed E-state index contributed by atoms with van der Waals surface area (Å²) >= 11 is 0. The fourth-order valence-electron chi connectivity index (χ4n) is 1.94. The van der Waals surface area contributed by atoms with Gasteiger partial charge in [0.05, 0.1) is 12.8 Å². The van der Waals surface area contributed by atoms with Gasteiger partial charge in [0.2, 0.25) is 0 Å². The lowest BCUT2D eigenvalue weighted by Crippen LogP contribution is -2.45. The highest BCUT2D eigenvalue weighted by Gasteiger charge is 2.33. The van der Waals surface area contributed by atoms with Crippen LogP contribution in [0.3, 0.4) is 0 Å². The second kappa shape index (κ2) is 4.90. The minimum atomic E-state index is -0.948. The van der Waals surface area contributed by atoms with Crippen LogP contribution in [0.1, 0.15) is 18.6 Å². The predicted molar refractivity (Wildman–Crippen MR) is 58.3 cm³/mol. The Hall–Kier alpha value is -1.98. The van der Waals surface area contributed by atoms with Gasteiger partial charge in [-0.25, -0.2) is 9.59 Å². The molecule has 2 heterocycles. The number of furan rings is 1. The molecule has 1 atom stereocenters. The molecule has 1 aliphatic rings. The Morgan fingerprint density at radius 2 is 2.41 bits per heavy atom. The number of carboxylic acids is 1. The standard InChI is InChI=1S/C11H14N2O4/c14-10(15)9-4-1-5-13(9)11(16)12-7-8-3-2-6-17-8/h2-3,6,9H,1,4-5,7H2,(H,12,16)(H,14,15)/t9-/m1/s1. The van der Waals surface area contributed by atoms with E-state index in [-0.39, 0.29) is 12.6 Å². The van der Waals surface area contributed by atoms with Crippen LogP contribution < -0.4 is 5.32 Å². The number of hydrogen-bond donors (Lipinski definition) is 2. The van der Waals surface area contributed by atoms with Crippen LogP contribution in [0.25, 0.3) is 0 Å². The van der Waals surface area contributed by atoms with Crippen LogP contribution in [0.15, 0.2) is 22.8 Å². The summed E-state index contributed by atoms with van der Waals surface area (Å²) in [4.78, 5) is 24.0. The highest BCUT2D eigenvalue weighted by molar-refractivity contribution is 5.83. The summed E-state index contributed by atoms with van der Waals surface area (Å²) in [6, 6.07) is 2.42. The molecule has 92 valence electrons. The van der Waals surface area contributed by atoms with Crippen molar-refractivity contribution in [3.8, 4) is 0 Å². The number of carbonyl (C=O) groups excluding carboxylic acids is 1. The summed E-state index contributed by atoms with van der Waals surface area (Å²) in [5.41, 5.74) is 0. The average molecular weight is 238 g/mol. The third-order valence-corrected chi connectivity index (χ3v) is 2.79. The second-order valence-electron chi connectivity index (χ2n) is 3.93. The number of amides is 2. The number of rotatable bonds is 3. The summed E-state index contributed by atoms with van der Waals surface area (Å²) in [5, 5.41) is 11.6. The van der Waals surface area contributed by atoms with Gasteiger partial charge in [-0.2, -0.15) is 0 Å². The van der Waals surface area contributed by atoms with Gasteiger partial charge in [-0.3, -0.25) is 0 Å². The monoisotopic (exact) mass is 238 g/mol.